The van der Waals surface area contributed by atoms with Crippen LogP contribution in [0.3, 0.4) is 0 Å². The van der Waals surface area contributed by atoms with Crippen LogP contribution in [-0.2, 0) is 25.9 Å². The summed E-state index contributed by atoms with van der Waals surface area (Å²) in [5, 5.41) is 27.1. The minimum atomic E-state index is -0.136. The van der Waals surface area contributed by atoms with Crippen molar-refractivity contribution in [2.24, 2.45) is 0 Å². The Morgan fingerprint density at radius 2 is 1.14 bits per heavy atom. The second-order valence-corrected chi connectivity index (χ2v) is 6.81. The first-order valence-electron chi connectivity index (χ1n) is 9.80. The Kier molecular flexibility index (Phi) is 6.43. The maximum atomic E-state index is 10.4. The van der Waals surface area contributed by atoms with E-state index in [9.17, 15) is 10.2 Å². The normalized spacial score (nSPS) is 10.6. The first-order valence-corrected chi connectivity index (χ1v) is 9.80. The number of hydrogen-bond acceptors (Lipinski definition) is 4. The van der Waals surface area contributed by atoms with Crippen LogP contribution in [0.15, 0.2) is 60.7 Å². The highest BCUT2D eigenvalue weighted by Gasteiger charge is 2.13. The first kappa shape index (κ1) is 19.6. The molecule has 0 amide bonds. The van der Waals surface area contributed by atoms with Crippen LogP contribution in [0.5, 0.6) is 11.5 Å². The Balaban J connectivity index is 1.81. The van der Waals surface area contributed by atoms with Gasteiger partial charge in [-0.1, -0.05) is 62.4 Å². The van der Waals surface area contributed by atoms with E-state index >= 15 is 0 Å². The SMILES string of the molecule is CCc1ccccc1CNc1ccc(O)c(O)c1NCc1ccccc1CC. The number of phenols is 2. The molecule has 4 nitrogen and oxygen atoms in total. The molecule has 0 saturated heterocycles. The van der Waals surface area contributed by atoms with Crippen LogP contribution in [-0.4, -0.2) is 10.2 Å². The molecule has 0 unspecified atom stereocenters. The minimum Gasteiger partial charge on any atom is -0.504 e. The van der Waals surface area contributed by atoms with E-state index in [1.54, 1.807) is 6.07 Å². The van der Waals surface area contributed by atoms with E-state index in [0.717, 1.165) is 18.5 Å². The zero-order chi connectivity index (χ0) is 19.9. The molecule has 28 heavy (non-hydrogen) atoms. The monoisotopic (exact) mass is 376 g/mol. The zero-order valence-corrected chi connectivity index (χ0v) is 16.5. The van der Waals surface area contributed by atoms with Gasteiger partial charge in [-0.2, -0.15) is 0 Å². The average Bonchev–Trinajstić information content (AvgIpc) is 2.74. The van der Waals surface area contributed by atoms with Crippen LogP contribution in [0.2, 0.25) is 0 Å². The molecule has 0 saturated carbocycles. The Morgan fingerprint density at radius 3 is 1.68 bits per heavy atom. The van der Waals surface area contributed by atoms with Crippen LogP contribution < -0.4 is 10.6 Å². The highest BCUT2D eigenvalue weighted by molar-refractivity contribution is 5.78. The lowest BCUT2D eigenvalue weighted by molar-refractivity contribution is 0.405. The lowest BCUT2D eigenvalue weighted by atomic mass is 10.0. The molecule has 0 aliphatic carbocycles. The number of nitrogens with one attached hydrogen (secondary N) is 2. The van der Waals surface area contributed by atoms with Crippen LogP contribution in [0.25, 0.3) is 0 Å². The molecular weight excluding hydrogens is 348 g/mol. The molecule has 146 valence electrons. The molecule has 0 fully saturated rings. The minimum absolute atomic E-state index is 0.134. The van der Waals surface area contributed by atoms with Gasteiger partial charge in [0.2, 0.25) is 0 Å². The fourth-order valence-corrected chi connectivity index (χ4v) is 3.43. The van der Waals surface area contributed by atoms with Crippen molar-refractivity contribution in [1.82, 2.24) is 0 Å². The maximum Gasteiger partial charge on any atom is 0.183 e. The second-order valence-electron chi connectivity index (χ2n) is 6.81. The molecule has 0 aliphatic rings. The van der Waals surface area contributed by atoms with Gasteiger partial charge in [0.1, 0.15) is 5.69 Å². The van der Waals surface area contributed by atoms with Crippen molar-refractivity contribution >= 4 is 11.4 Å². The second kappa shape index (κ2) is 9.18. The Morgan fingerprint density at radius 1 is 0.643 bits per heavy atom. The molecule has 0 heterocycles. The van der Waals surface area contributed by atoms with Crippen molar-refractivity contribution in [3.05, 3.63) is 82.9 Å². The molecule has 0 radical (unpaired) electrons. The molecule has 4 heteroatoms. The molecule has 0 aromatic heterocycles. The largest absolute Gasteiger partial charge is 0.504 e. The molecule has 3 rings (SSSR count). The third kappa shape index (κ3) is 4.39. The van der Waals surface area contributed by atoms with Gasteiger partial charge in [-0.25, -0.2) is 0 Å². The van der Waals surface area contributed by atoms with Crippen molar-refractivity contribution in [1.29, 1.82) is 0 Å². The van der Waals surface area contributed by atoms with Gasteiger partial charge < -0.3 is 20.8 Å². The number of aromatic hydroxyl groups is 2. The number of anilines is 2. The summed E-state index contributed by atoms with van der Waals surface area (Å²) >= 11 is 0. The summed E-state index contributed by atoms with van der Waals surface area (Å²) < 4.78 is 0. The third-order valence-corrected chi connectivity index (χ3v) is 5.08. The summed E-state index contributed by atoms with van der Waals surface area (Å²) in [7, 11) is 0. The van der Waals surface area contributed by atoms with Crippen LogP contribution in [0, 0.1) is 0 Å². The smallest absolute Gasteiger partial charge is 0.183 e. The lowest BCUT2D eigenvalue weighted by Gasteiger charge is -2.18. The standard InChI is InChI=1S/C24H28N2O2/c1-3-17-9-5-7-11-19(17)15-25-21-13-14-22(27)24(28)23(21)26-16-20-12-8-6-10-18(20)4-2/h5-14,25-28H,3-4,15-16H2,1-2H3. The maximum absolute atomic E-state index is 10.4. The Hall–Kier alpha value is -3.14. The molecule has 4 N–H and O–H groups in total. The predicted molar refractivity (Wildman–Crippen MR) is 116 cm³/mol. The quantitative estimate of drug-likeness (QED) is 0.312. The number of aryl methyl sites for hydroxylation is 2. The van der Waals surface area contributed by atoms with Crippen molar-refractivity contribution in [2.75, 3.05) is 10.6 Å². The summed E-state index contributed by atoms with van der Waals surface area (Å²) in [6.45, 7) is 5.49. The summed E-state index contributed by atoms with van der Waals surface area (Å²) in [5.41, 5.74) is 6.23. The zero-order valence-electron chi connectivity index (χ0n) is 16.5. The fraction of sp³-hybridized carbons (Fsp3) is 0.250. The van der Waals surface area contributed by atoms with Gasteiger partial charge in [0.25, 0.3) is 0 Å². The van der Waals surface area contributed by atoms with Gasteiger partial charge in [0, 0.05) is 13.1 Å². The van der Waals surface area contributed by atoms with Crippen molar-refractivity contribution in [3.8, 4) is 11.5 Å². The average molecular weight is 377 g/mol. The van der Waals surface area contributed by atoms with Crippen LogP contribution >= 0.6 is 0 Å². The third-order valence-electron chi connectivity index (χ3n) is 5.08. The molecule has 0 spiro atoms. The summed E-state index contributed by atoms with van der Waals surface area (Å²) in [6.07, 6.45) is 1.92. The van der Waals surface area contributed by atoms with E-state index in [0.29, 0.717) is 18.8 Å². The summed E-state index contributed by atoms with van der Waals surface area (Å²) in [5.74, 6) is -0.270. The van der Waals surface area contributed by atoms with Crippen molar-refractivity contribution in [3.63, 3.8) is 0 Å². The molecule has 3 aromatic carbocycles. The van der Waals surface area contributed by atoms with E-state index in [4.69, 9.17) is 0 Å². The molecule has 0 atom stereocenters. The van der Waals surface area contributed by atoms with E-state index in [2.05, 4.69) is 48.7 Å². The van der Waals surface area contributed by atoms with Gasteiger partial charge >= 0.3 is 0 Å². The number of hydrogen-bond donors (Lipinski definition) is 4. The molecule has 0 aliphatic heterocycles. The van der Waals surface area contributed by atoms with Gasteiger partial charge in [0.05, 0.1) is 5.69 Å². The van der Waals surface area contributed by atoms with Crippen LogP contribution in [0.4, 0.5) is 11.4 Å². The van der Waals surface area contributed by atoms with E-state index in [-0.39, 0.29) is 11.5 Å². The van der Waals surface area contributed by atoms with E-state index in [1.807, 2.05) is 24.3 Å². The van der Waals surface area contributed by atoms with Gasteiger partial charge in [-0.15, -0.1) is 0 Å². The summed E-state index contributed by atoms with van der Waals surface area (Å²) in [4.78, 5) is 0. The van der Waals surface area contributed by atoms with Gasteiger partial charge in [-0.3, -0.25) is 0 Å². The van der Waals surface area contributed by atoms with E-state index < -0.39 is 0 Å². The lowest BCUT2D eigenvalue weighted by Crippen LogP contribution is -2.08. The Bertz CT molecular complexity index is 938. The topological polar surface area (TPSA) is 64.5 Å². The molecule has 3 aromatic rings. The highest BCUT2D eigenvalue weighted by Crippen LogP contribution is 2.39. The fourth-order valence-electron chi connectivity index (χ4n) is 3.43. The number of benzene rings is 3. The number of rotatable bonds is 8. The number of phenolic OH excluding ortho intramolecular Hbond substituents is 2. The van der Waals surface area contributed by atoms with Crippen molar-refractivity contribution in [2.45, 2.75) is 39.8 Å². The predicted octanol–water partition coefficient (Wildman–Crippen LogP) is 5.45. The summed E-state index contributed by atoms with van der Waals surface area (Å²) in [6, 6.07) is 19.9. The van der Waals surface area contributed by atoms with Gasteiger partial charge in [-0.05, 0) is 47.2 Å². The Labute approximate surface area is 166 Å². The van der Waals surface area contributed by atoms with Gasteiger partial charge in [0.15, 0.2) is 11.5 Å². The highest BCUT2D eigenvalue weighted by atomic mass is 16.3. The molecular formula is C24H28N2O2. The van der Waals surface area contributed by atoms with Crippen LogP contribution in [0.1, 0.15) is 36.1 Å². The van der Waals surface area contributed by atoms with E-state index in [1.165, 1.54) is 28.3 Å². The molecule has 0 bridgehead atoms. The first-order chi connectivity index (χ1) is 13.6. The van der Waals surface area contributed by atoms with Crippen molar-refractivity contribution < 1.29 is 10.2 Å².